The zero-order chi connectivity index (χ0) is 12.7. The molecule has 1 aromatic heterocycles. The van der Waals surface area contributed by atoms with Gasteiger partial charge in [-0.15, -0.1) is 0 Å². The van der Waals surface area contributed by atoms with Gasteiger partial charge in [0.05, 0.1) is 0 Å². The fourth-order valence-corrected chi connectivity index (χ4v) is 0.534. The summed E-state index contributed by atoms with van der Waals surface area (Å²) in [4.78, 5) is 19.8. The lowest BCUT2D eigenvalue weighted by molar-refractivity contribution is -0.0987. The smallest absolute Gasteiger partial charge is 0.140 e. The van der Waals surface area contributed by atoms with Crippen LogP contribution in [0.2, 0.25) is 0 Å². The number of nitrogens with zero attached hydrogens (tertiary/aromatic N) is 2. The Bertz CT molecular complexity index is 265. The van der Waals surface area contributed by atoms with Crippen molar-refractivity contribution in [2.75, 3.05) is 7.05 Å². The minimum absolute atomic E-state index is 0.473. The van der Waals surface area contributed by atoms with Crippen LogP contribution in [-0.4, -0.2) is 25.6 Å². The fourth-order valence-electron chi connectivity index (χ4n) is 0.534. The number of pyridine rings is 1. The van der Waals surface area contributed by atoms with Crippen LogP contribution in [0.5, 0.6) is 0 Å². The molecule has 0 saturated heterocycles. The van der Waals surface area contributed by atoms with Crippen molar-refractivity contribution < 1.29 is 9.59 Å². The Kier molecular flexibility index (Phi) is 22.3. The number of nitriles is 1. The second kappa shape index (κ2) is 17.9. The molecule has 2 N–H and O–H groups in total. The van der Waals surface area contributed by atoms with Gasteiger partial charge in [0, 0.05) is 6.20 Å². The SMILES string of the molecule is C=O.C=O.CN.Cc1ccc(C#N)nc1. The number of carbonyl (C=O) groups excluding carboxylic acids is 2. The van der Waals surface area contributed by atoms with Gasteiger partial charge in [-0.05, 0) is 25.6 Å². The first-order valence-electron chi connectivity index (χ1n) is 3.81. The molecule has 5 nitrogen and oxygen atoms in total. The highest BCUT2D eigenvalue weighted by Gasteiger charge is 1.86. The number of nitrogens with two attached hydrogens (primary N) is 1. The van der Waals surface area contributed by atoms with Crippen LogP contribution >= 0.6 is 0 Å². The monoisotopic (exact) mass is 209 g/mol. The Morgan fingerprint density at radius 2 is 1.73 bits per heavy atom. The third-order valence-electron chi connectivity index (χ3n) is 1.03. The molecule has 0 aliphatic heterocycles. The summed E-state index contributed by atoms with van der Waals surface area (Å²) in [6, 6.07) is 5.51. The fraction of sp³-hybridized carbons (Fsp3) is 0.200. The van der Waals surface area contributed by atoms with Crippen molar-refractivity contribution in [2.24, 2.45) is 5.73 Å². The van der Waals surface area contributed by atoms with Crippen molar-refractivity contribution in [1.29, 1.82) is 5.26 Å². The summed E-state index contributed by atoms with van der Waals surface area (Å²) in [7, 11) is 1.50. The molecule has 0 aromatic carbocycles. The molecule has 0 aliphatic carbocycles. The summed E-state index contributed by atoms with van der Waals surface area (Å²) in [5.74, 6) is 0. The molecule has 5 heteroatoms. The van der Waals surface area contributed by atoms with E-state index in [9.17, 15) is 0 Å². The molecule has 0 fully saturated rings. The standard InChI is InChI=1S/C7H6N2.CH5N.2CH2O/c1-6-2-3-7(4-8)9-5-6;3*1-2/h2-3,5H,1H3;2H2,1H3;2*1H2. The van der Waals surface area contributed by atoms with Crippen LogP contribution in [0.15, 0.2) is 18.3 Å². The maximum atomic E-state index is 8.32. The Hall–Kier alpha value is -2.06. The highest BCUT2D eigenvalue weighted by Crippen LogP contribution is 1.95. The molecule has 0 unspecified atom stereocenters. The van der Waals surface area contributed by atoms with E-state index in [2.05, 4.69) is 10.7 Å². The van der Waals surface area contributed by atoms with Gasteiger partial charge in [0.1, 0.15) is 25.3 Å². The van der Waals surface area contributed by atoms with Crippen molar-refractivity contribution in [3.8, 4) is 6.07 Å². The normalized spacial score (nSPS) is 6.00. The van der Waals surface area contributed by atoms with E-state index in [1.807, 2.05) is 32.6 Å². The Labute approximate surface area is 89.5 Å². The Morgan fingerprint density at radius 1 is 1.27 bits per heavy atom. The molecular weight excluding hydrogens is 194 g/mol. The van der Waals surface area contributed by atoms with Crippen LogP contribution in [0.3, 0.4) is 0 Å². The topological polar surface area (TPSA) is 96.8 Å². The van der Waals surface area contributed by atoms with Gasteiger partial charge < -0.3 is 15.3 Å². The summed E-state index contributed by atoms with van der Waals surface area (Å²) in [5.41, 5.74) is 6.05. The number of aryl methyl sites for hydroxylation is 1. The number of rotatable bonds is 0. The van der Waals surface area contributed by atoms with E-state index < -0.39 is 0 Å². The van der Waals surface area contributed by atoms with Gasteiger partial charge in [0.15, 0.2) is 0 Å². The first-order chi connectivity index (χ1) is 7.33. The molecule has 1 aromatic rings. The molecular formula is C10H15N3O2. The van der Waals surface area contributed by atoms with E-state index in [1.54, 1.807) is 12.3 Å². The molecule has 0 amide bonds. The van der Waals surface area contributed by atoms with Gasteiger partial charge in [-0.1, -0.05) is 6.07 Å². The van der Waals surface area contributed by atoms with E-state index in [0.717, 1.165) is 5.56 Å². The summed E-state index contributed by atoms with van der Waals surface area (Å²) >= 11 is 0. The van der Waals surface area contributed by atoms with Crippen LogP contribution in [0.1, 0.15) is 11.3 Å². The lowest BCUT2D eigenvalue weighted by atomic mass is 10.3. The lowest BCUT2D eigenvalue weighted by Gasteiger charge is -1.87. The van der Waals surface area contributed by atoms with Crippen LogP contribution in [-0.2, 0) is 9.59 Å². The van der Waals surface area contributed by atoms with Gasteiger partial charge in [-0.2, -0.15) is 5.26 Å². The van der Waals surface area contributed by atoms with E-state index in [1.165, 1.54) is 7.05 Å². The third-order valence-corrected chi connectivity index (χ3v) is 1.03. The first-order valence-corrected chi connectivity index (χ1v) is 3.81. The van der Waals surface area contributed by atoms with Gasteiger partial charge >= 0.3 is 0 Å². The molecule has 1 rings (SSSR count). The Balaban J connectivity index is -0.000000208. The molecule has 82 valence electrons. The molecule has 1 heterocycles. The van der Waals surface area contributed by atoms with Crippen molar-refractivity contribution in [3.05, 3.63) is 29.6 Å². The predicted molar refractivity (Wildman–Crippen MR) is 58.0 cm³/mol. The second-order valence-corrected chi connectivity index (χ2v) is 1.83. The van der Waals surface area contributed by atoms with Crippen LogP contribution < -0.4 is 5.73 Å². The number of hydrogen-bond donors (Lipinski definition) is 1. The average molecular weight is 209 g/mol. The van der Waals surface area contributed by atoms with E-state index in [4.69, 9.17) is 14.9 Å². The van der Waals surface area contributed by atoms with Crippen molar-refractivity contribution in [3.63, 3.8) is 0 Å². The maximum Gasteiger partial charge on any atom is 0.140 e. The lowest BCUT2D eigenvalue weighted by Crippen LogP contribution is -1.80. The average Bonchev–Trinajstić information content (AvgIpc) is 2.38. The quantitative estimate of drug-likeness (QED) is 0.669. The van der Waals surface area contributed by atoms with Gasteiger partial charge in [0.2, 0.25) is 0 Å². The summed E-state index contributed by atoms with van der Waals surface area (Å²) < 4.78 is 0. The molecule has 0 radical (unpaired) electrons. The third kappa shape index (κ3) is 11.9. The second-order valence-electron chi connectivity index (χ2n) is 1.83. The van der Waals surface area contributed by atoms with Gasteiger partial charge in [-0.25, -0.2) is 4.98 Å². The van der Waals surface area contributed by atoms with Gasteiger partial charge in [-0.3, -0.25) is 0 Å². The van der Waals surface area contributed by atoms with Gasteiger partial charge in [0.25, 0.3) is 0 Å². The molecule has 15 heavy (non-hydrogen) atoms. The van der Waals surface area contributed by atoms with Crippen molar-refractivity contribution in [1.82, 2.24) is 4.98 Å². The zero-order valence-corrected chi connectivity index (χ0v) is 8.93. The first kappa shape index (κ1) is 18.7. The van der Waals surface area contributed by atoms with Crippen molar-refractivity contribution >= 4 is 13.6 Å². The van der Waals surface area contributed by atoms with Crippen LogP contribution in [0.4, 0.5) is 0 Å². The van der Waals surface area contributed by atoms with Crippen LogP contribution in [0.25, 0.3) is 0 Å². The number of carbonyl (C=O) groups is 2. The predicted octanol–water partition coefficient (Wildman–Crippen LogP) is 0.467. The maximum absolute atomic E-state index is 8.32. The zero-order valence-electron chi connectivity index (χ0n) is 8.93. The minimum atomic E-state index is 0.473. The minimum Gasteiger partial charge on any atom is -0.333 e. The van der Waals surface area contributed by atoms with Crippen molar-refractivity contribution in [2.45, 2.75) is 6.92 Å². The molecule has 0 atom stereocenters. The Morgan fingerprint density at radius 3 is 2.00 bits per heavy atom. The van der Waals surface area contributed by atoms with E-state index in [-0.39, 0.29) is 0 Å². The largest absolute Gasteiger partial charge is 0.333 e. The highest BCUT2D eigenvalue weighted by molar-refractivity contribution is 5.22. The molecule has 0 saturated carbocycles. The highest BCUT2D eigenvalue weighted by atomic mass is 16.1. The summed E-state index contributed by atoms with van der Waals surface area (Å²) in [6.45, 7) is 5.94. The number of hydrogen-bond acceptors (Lipinski definition) is 5. The summed E-state index contributed by atoms with van der Waals surface area (Å²) in [6.07, 6.45) is 1.68. The van der Waals surface area contributed by atoms with E-state index in [0.29, 0.717) is 5.69 Å². The van der Waals surface area contributed by atoms with Crippen LogP contribution in [0, 0.1) is 18.3 Å². The molecule has 0 bridgehead atoms. The molecule has 0 spiro atoms. The summed E-state index contributed by atoms with van der Waals surface area (Å²) in [5, 5.41) is 8.32. The number of aromatic nitrogens is 1. The molecule has 0 aliphatic rings. The van der Waals surface area contributed by atoms with E-state index >= 15 is 0 Å².